The SMILES string of the molecule is CCCNC(CCc1ccccn1)CCS(C)(=O)=O. The molecule has 0 radical (unpaired) electrons. The van der Waals surface area contributed by atoms with E-state index in [9.17, 15) is 8.42 Å². The van der Waals surface area contributed by atoms with E-state index in [4.69, 9.17) is 0 Å². The molecule has 0 aliphatic rings. The highest BCUT2D eigenvalue weighted by atomic mass is 32.2. The summed E-state index contributed by atoms with van der Waals surface area (Å²) < 4.78 is 22.5. The maximum absolute atomic E-state index is 11.2. The van der Waals surface area contributed by atoms with Gasteiger partial charge in [0.25, 0.3) is 0 Å². The molecule has 5 heteroatoms. The number of nitrogens with one attached hydrogen (secondary N) is 1. The monoisotopic (exact) mass is 284 g/mol. The van der Waals surface area contributed by atoms with E-state index < -0.39 is 9.84 Å². The summed E-state index contributed by atoms with van der Waals surface area (Å²) in [5.41, 5.74) is 1.06. The van der Waals surface area contributed by atoms with Crippen LogP contribution in [0.4, 0.5) is 0 Å². The lowest BCUT2D eigenvalue weighted by molar-refractivity contribution is 0.465. The summed E-state index contributed by atoms with van der Waals surface area (Å²) in [5, 5.41) is 3.42. The van der Waals surface area contributed by atoms with Gasteiger partial charge in [-0.05, 0) is 44.4 Å². The Bertz CT molecular complexity index is 446. The molecule has 0 amide bonds. The Morgan fingerprint density at radius 1 is 1.32 bits per heavy atom. The number of aryl methyl sites for hydroxylation is 1. The topological polar surface area (TPSA) is 59.1 Å². The molecule has 0 spiro atoms. The first-order chi connectivity index (χ1) is 9.01. The molecule has 0 aliphatic carbocycles. The average molecular weight is 284 g/mol. The minimum absolute atomic E-state index is 0.247. The molecule has 1 N–H and O–H groups in total. The molecule has 0 saturated carbocycles. The van der Waals surface area contributed by atoms with Gasteiger partial charge in [-0.25, -0.2) is 8.42 Å². The van der Waals surface area contributed by atoms with Crippen molar-refractivity contribution in [3.8, 4) is 0 Å². The third-order valence-corrected chi connectivity index (χ3v) is 3.97. The van der Waals surface area contributed by atoms with E-state index >= 15 is 0 Å². The van der Waals surface area contributed by atoms with Crippen molar-refractivity contribution in [3.63, 3.8) is 0 Å². The van der Waals surface area contributed by atoms with E-state index in [-0.39, 0.29) is 11.8 Å². The fourth-order valence-corrected chi connectivity index (χ4v) is 2.63. The maximum atomic E-state index is 11.2. The van der Waals surface area contributed by atoms with Crippen LogP contribution in [-0.4, -0.2) is 38.0 Å². The largest absolute Gasteiger partial charge is 0.314 e. The fourth-order valence-electron chi connectivity index (χ4n) is 1.92. The van der Waals surface area contributed by atoms with Crippen LogP contribution in [0.2, 0.25) is 0 Å². The quantitative estimate of drug-likeness (QED) is 0.751. The van der Waals surface area contributed by atoms with Crippen LogP contribution in [-0.2, 0) is 16.3 Å². The maximum Gasteiger partial charge on any atom is 0.147 e. The molecule has 1 rings (SSSR count). The molecular weight excluding hydrogens is 260 g/mol. The molecule has 0 bridgehead atoms. The van der Waals surface area contributed by atoms with Crippen LogP contribution in [0.25, 0.3) is 0 Å². The van der Waals surface area contributed by atoms with Crippen molar-refractivity contribution in [2.75, 3.05) is 18.6 Å². The van der Waals surface area contributed by atoms with Gasteiger partial charge < -0.3 is 5.32 Å². The Morgan fingerprint density at radius 2 is 2.11 bits per heavy atom. The van der Waals surface area contributed by atoms with Crippen molar-refractivity contribution in [2.45, 2.75) is 38.6 Å². The standard InChI is InChI=1S/C14H24N2O2S/c1-3-10-15-14(9-12-19(2,17)18)8-7-13-6-4-5-11-16-13/h4-6,11,14-15H,3,7-10,12H2,1-2H3. The van der Waals surface area contributed by atoms with Crippen LogP contribution in [0, 0.1) is 0 Å². The second-order valence-corrected chi connectivity index (χ2v) is 7.19. The zero-order valence-electron chi connectivity index (χ0n) is 11.8. The third-order valence-electron chi connectivity index (χ3n) is 3.00. The van der Waals surface area contributed by atoms with Gasteiger partial charge >= 0.3 is 0 Å². The molecule has 1 atom stereocenters. The van der Waals surface area contributed by atoms with E-state index in [0.29, 0.717) is 6.42 Å². The predicted molar refractivity (Wildman–Crippen MR) is 79.0 cm³/mol. The number of aromatic nitrogens is 1. The van der Waals surface area contributed by atoms with Crippen molar-refractivity contribution in [1.29, 1.82) is 0 Å². The lowest BCUT2D eigenvalue weighted by atomic mass is 10.1. The Balaban J connectivity index is 2.44. The zero-order valence-corrected chi connectivity index (χ0v) is 12.6. The van der Waals surface area contributed by atoms with Gasteiger partial charge in [-0.1, -0.05) is 13.0 Å². The molecule has 0 fully saturated rings. The van der Waals surface area contributed by atoms with Crippen molar-refractivity contribution in [3.05, 3.63) is 30.1 Å². The van der Waals surface area contributed by atoms with Gasteiger partial charge in [0.15, 0.2) is 0 Å². The predicted octanol–water partition coefficient (Wildman–Crippen LogP) is 1.82. The summed E-state index contributed by atoms with van der Waals surface area (Å²) in [4.78, 5) is 4.29. The Morgan fingerprint density at radius 3 is 2.68 bits per heavy atom. The smallest absolute Gasteiger partial charge is 0.147 e. The van der Waals surface area contributed by atoms with Crippen LogP contribution in [0.5, 0.6) is 0 Å². The van der Waals surface area contributed by atoms with Gasteiger partial charge in [-0.15, -0.1) is 0 Å². The Kier molecular flexibility index (Phi) is 7.02. The minimum atomic E-state index is -2.88. The van der Waals surface area contributed by atoms with Gasteiger partial charge in [0.1, 0.15) is 9.84 Å². The second-order valence-electron chi connectivity index (χ2n) is 4.93. The molecule has 1 heterocycles. The lowest BCUT2D eigenvalue weighted by Crippen LogP contribution is -2.32. The molecule has 4 nitrogen and oxygen atoms in total. The second kappa shape index (κ2) is 8.27. The molecular formula is C14H24N2O2S. The van der Waals surface area contributed by atoms with E-state index in [2.05, 4.69) is 17.2 Å². The third kappa shape index (κ3) is 7.95. The fraction of sp³-hybridized carbons (Fsp3) is 0.643. The Hall–Kier alpha value is -0.940. The molecule has 0 aromatic carbocycles. The average Bonchev–Trinajstić information content (AvgIpc) is 2.38. The van der Waals surface area contributed by atoms with Gasteiger partial charge in [-0.2, -0.15) is 0 Å². The van der Waals surface area contributed by atoms with Crippen molar-refractivity contribution >= 4 is 9.84 Å². The summed E-state index contributed by atoms with van der Waals surface area (Å²) in [6.07, 6.45) is 6.62. The highest BCUT2D eigenvalue weighted by Crippen LogP contribution is 2.06. The Labute approximate surface area is 116 Å². The van der Waals surface area contributed by atoms with Crippen molar-refractivity contribution in [2.24, 2.45) is 0 Å². The highest BCUT2D eigenvalue weighted by Gasteiger charge is 2.12. The normalized spacial score (nSPS) is 13.4. The van der Waals surface area contributed by atoms with E-state index in [1.807, 2.05) is 18.2 Å². The van der Waals surface area contributed by atoms with Crippen LogP contribution >= 0.6 is 0 Å². The molecule has 19 heavy (non-hydrogen) atoms. The molecule has 1 unspecified atom stereocenters. The van der Waals surface area contributed by atoms with Crippen molar-refractivity contribution in [1.82, 2.24) is 10.3 Å². The number of pyridine rings is 1. The summed E-state index contributed by atoms with van der Waals surface area (Å²) >= 11 is 0. The summed E-state index contributed by atoms with van der Waals surface area (Å²) in [6, 6.07) is 6.14. The summed E-state index contributed by atoms with van der Waals surface area (Å²) in [7, 11) is -2.88. The summed E-state index contributed by atoms with van der Waals surface area (Å²) in [5.74, 6) is 0.247. The van der Waals surface area contributed by atoms with Crippen LogP contribution in [0.1, 0.15) is 31.9 Å². The first kappa shape index (κ1) is 16.1. The van der Waals surface area contributed by atoms with E-state index in [1.165, 1.54) is 6.26 Å². The van der Waals surface area contributed by atoms with Gasteiger partial charge in [0, 0.05) is 24.2 Å². The zero-order chi connectivity index (χ0) is 14.1. The molecule has 1 aromatic heterocycles. The van der Waals surface area contributed by atoms with Gasteiger partial charge in [-0.3, -0.25) is 4.98 Å². The summed E-state index contributed by atoms with van der Waals surface area (Å²) in [6.45, 7) is 3.04. The molecule has 0 aliphatic heterocycles. The number of hydrogen-bond acceptors (Lipinski definition) is 4. The minimum Gasteiger partial charge on any atom is -0.314 e. The van der Waals surface area contributed by atoms with Crippen LogP contribution in [0.3, 0.4) is 0 Å². The van der Waals surface area contributed by atoms with E-state index in [1.54, 1.807) is 6.20 Å². The first-order valence-corrected chi connectivity index (χ1v) is 8.88. The molecule has 108 valence electrons. The molecule has 0 saturated heterocycles. The van der Waals surface area contributed by atoms with E-state index in [0.717, 1.165) is 31.5 Å². The van der Waals surface area contributed by atoms with Crippen molar-refractivity contribution < 1.29 is 8.42 Å². The van der Waals surface area contributed by atoms with Gasteiger partial charge in [0.05, 0.1) is 5.75 Å². The lowest BCUT2D eigenvalue weighted by Gasteiger charge is -2.17. The number of nitrogens with zero attached hydrogens (tertiary/aromatic N) is 1. The number of sulfone groups is 1. The molecule has 1 aromatic rings. The van der Waals surface area contributed by atoms with Gasteiger partial charge in [0.2, 0.25) is 0 Å². The highest BCUT2D eigenvalue weighted by molar-refractivity contribution is 7.90. The van der Waals surface area contributed by atoms with Crippen LogP contribution < -0.4 is 5.32 Å². The number of rotatable bonds is 9. The van der Waals surface area contributed by atoms with Crippen LogP contribution in [0.15, 0.2) is 24.4 Å². The number of hydrogen-bond donors (Lipinski definition) is 1. The first-order valence-electron chi connectivity index (χ1n) is 6.82.